The first kappa shape index (κ1) is 14.6. The Bertz CT molecular complexity index is 700. The second-order valence-electron chi connectivity index (χ2n) is 5.69. The third-order valence-corrected chi connectivity index (χ3v) is 4.26. The van der Waals surface area contributed by atoms with Crippen molar-refractivity contribution < 1.29 is 0 Å². The van der Waals surface area contributed by atoms with E-state index in [4.69, 9.17) is 0 Å². The van der Waals surface area contributed by atoms with Crippen LogP contribution in [0.25, 0.3) is 0 Å². The fourth-order valence-electron chi connectivity index (χ4n) is 3.14. The van der Waals surface area contributed by atoms with Gasteiger partial charge in [-0.15, -0.1) is 0 Å². The average molecular weight is 291 g/mol. The number of hydrogen-bond donors (Lipinski definition) is 1. The van der Waals surface area contributed by atoms with Gasteiger partial charge in [-0.3, -0.25) is 0 Å². The molecule has 2 aromatic carbocycles. The zero-order chi connectivity index (χ0) is 15.4. The summed E-state index contributed by atoms with van der Waals surface area (Å²) in [6.07, 6.45) is 3.15. The number of rotatable bonds is 4. The third-order valence-electron chi connectivity index (χ3n) is 4.26. The van der Waals surface area contributed by atoms with Crippen molar-refractivity contribution in [3.63, 3.8) is 0 Å². The van der Waals surface area contributed by atoms with Gasteiger partial charge in [-0.1, -0.05) is 24.3 Å². The van der Waals surface area contributed by atoms with Gasteiger partial charge in [0.1, 0.15) is 0 Å². The van der Waals surface area contributed by atoms with E-state index in [1.165, 1.54) is 22.5 Å². The standard InChI is InChI=1S/C19H21N3/c1-21-11-4-12-22-18-6-3-2-5-16(18)9-10-17-8-7-15(14-20)13-19(17)22/h2-3,5-8,13,21H,4,9-12H2,1H3. The van der Waals surface area contributed by atoms with Crippen molar-refractivity contribution in [2.75, 3.05) is 25.0 Å². The minimum atomic E-state index is 0.733. The van der Waals surface area contributed by atoms with Crippen molar-refractivity contribution in [2.24, 2.45) is 0 Å². The molecule has 0 fully saturated rings. The van der Waals surface area contributed by atoms with E-state index >= 15 is 0 Å². The van der Waals surface area contributed by atoms with Gasteiger partial charge in [0.15, 0.2) is 0 Å². The number of nitrogens with zero attached hydrogens (tertiary/aromatic N) is 2. The molecule has 0 aromatic heterocycles. The second kappa shape index (κ2) is 6.64. The van der Waals surface area contributed by atoms with Crippen LogP contribution in [-0.4, -0.2) is 20.1 Å². The highest BCUT2D eigenvalue weighted by Gasteiger charge is 2.20. The smallest absolute Gasteiger partial charge is 0.0992 e. The van der Waals surface area contributed by atoms with E-state index in [1.54, 1.807) is 0 Å². The minimum Gasteiger partial charge on any atom is -0.341 e. The minimum absolute atomic E-state index is 0.733. The number of para-hydroxylation sites is 1. The fourth-order valence-corrected chi connectivity index (χ4v) is 3.14. The first-order valence-corrected chi connectivity index (χ1v) is 7.86. The highest BCUT2D eigenvalue weighted by atomic mass is 15.1. The van der Waals surface area contributed by atoms with Gasteiger partial charge in [-0.2, -0.15) is 5.26 Å². The molecule has 1 heterocycles. The third kappa shape index (κ3) is 2.84. The fraction of sp³-hybridized carbons (Fsp3) is 0.316. The average Bonchev–Trinajstić information content (AvgIpc) is 2.72. The van der Waals surface area contributed by atoms with Crippen LogP contribution >= 0.6 is 0 Å². The molecular formula is C19H21N3. The van der Waals surface area contributed by atoms with Crippen molar-refractivity contribution in [2.45, 2.75) is 19.3 Å². The molecule has 0 atom stereocenters. The predicted octanol–water partition coefficient (Wildman–Crippen LogP) is 3.40. The lowest BCUT2D eigenvalue weighted by molar-refractivity contribution is 0.723. The molecule has 0 bridgehead atoms. The molecule has 3 heteroatoms. The van der Waals surface area contributed by atoms with Gasteiger partial charge < -0.3 is 10.2 Å². The van der Waals surface area contributed by atoms with Crippen LogP contribution in [0.3, 0.4) is 0 Å². The summed E-state index contributed by atoms with van der Waals surface area (Å²) in [5, 5.41) is 12.4. The first-order chi connectivity index (χ1) is 10.8. The highest BCUT2D eigenvalue weighted by molar-refractivity contribution is 5.72. The van der Waals surface area contributed by atoms with Gasteiger partial charge in [-0.05, 0) is 62.2 Å². The zero-order valence-corrected chi connectivity index (χ0v) is 13.0. The molecule has 3 rings (SSSR count). The molecule has 3 nitrogen and oxygen atoms in total. The molecule has 0 radical (unpaired) electrons. The Hall–Kier alpha value is -2.31. The number of benzene rings is 2. The topological polar surface area (TPSA) is 39.1 Å². The summed E-state index contributed by atoms with van der Waals surface area (Å²) in [5.41, 5.74) is 5.94. The number of hydrogen-bond acceptors (Lipinski definition) is 3. The summed E-state index contributed by atoms with van der Waals surface area (Å²) in [6, 6.07) is 17.0. The molecule has 0 amide bonds. The van der Waals surface area contributed by atoms with Crippen LogP contribution in [0.1, 0.15) is 23.1 Å². The van der Waals surface area contributed by atoms with Gasteiger partial charge in [0, 0.05) is 17.9 Å². The molecular weight excluding hydrogens is 270 g/mol. The molecule has 1 aliphatic heterocycles. The molecule has 0 saturated carbocycles. The maximum atomic E-state index is 9.23. The molecule has 1 aliphatic rings. The largest absolute Gasteiger partial charge is 0.341 e. The van der Waals surface area contributed by atoms with Crippen LogP contribution in [-0.2, 0) is 12.8 Å². The zero-order valence-electron chi connectivity index (χ0n) is 13.0. The number of anilines is 2. The SMILES string of the molecule is CNCCCN1c2ccccc2CCc2ccc(C#N)cc21. The van der Waals surface area contributed by atoms with Gasteiger partial charge in [-0.25, -0.2) is 0 Å². The van der Waals surface area contributed by atoms with Gasteiger partial charge >= 0.3 is 0 Å². The van der Waals surface area contributed by atoms with E-state index in [2.05, 4.69) is 46.6 Å². The van der Waals surface area contributed by atoms with E-state index in [1.807, 2.05) is 19.2 Å². The number of nitrogens with one attached hydrogen (secondary N) is 1. The summed E-state index contributed by atoms with van der Waals surface area (Å²) in [7, 11) is 1.98. The Kier molecular flexibility index (Phi) is 4.41. The summed E-state index contributed by atoms with van der Waals surface area (Å²) in [6.45, 7) is 1.95. The van der Waals surface area contributed by atoms with E-state index in [0.717, 1.165) is 37.9 Å². The molecule has 1 N–H and O–H groups in total. The Morgan fingerprint density at radius 2 is 1.86 bits per heavy atom. The van der Waals surface area contributed by atoms with Crippen LogP contribution in [0.5, 0.6) is 0 Å². The van der Waals surface area contributed by atoms with Crippen LogP contribution in [0.2, 0.25) is 0 Å². The number of aryl methyl sites for hydroxylation is 2. The second-order valence-corrected chi connectivity index (χ2v) is 5.69. The van der Waals surface area contributed by atoms with Gasteiger partial charge in [0.25, 0.3) is 0 Å². The van der Waals surface area contributed by atoms with E-state index in [0.29, 0.717) is 0 Å². The lowest BCUT2D eigenvalue weighted by Crippen LogP contribution is -2.23. The summed E-state index contributed by atoms with van der Waals surface area (Å²) >= 11 is 0. The normalized spacial score (nSPS) is 13.0. The molecule has 0 aliphatic carbocycles. The van der Waals surface area contributed by atoms with Crippen LogP contribution in [0.15, 0.2) is 42.5 Å². The predicted molar refractivity (Wildman–Crippen MR) is 90.6 cm³/mol. The van der Waals surface area contributed by atoms with Crippen molar-refractivity contribution in [3.05, 3.63) is 59.2 Å². The summed E-state index contributed by atoms with van der Waals surface area (Å²) < 4.78 is 0. The molecule has 22 heavy (non-hydrogen) atoms. The number of fused-ring (bicyclic) bond motifs is 2. The Balaban J connectivity index is 2.05. The van der Waals surface area contributed by atoms with Crippen molar-refractivity contribution in [1.82, 2.24) is 5.32 Å². The molecule has 112 valence electrons. The highest BCUT2D eigenvalue weighted by Crippen LogP contribution is 2.36. The molecule has 2 aromatic rings. The number of nitriles is 1. The maximum absolute atomic E-state index is 9.23. The Labute approximate surface area is 132 Å². The van der Waals surface area contributed by atoms with E-state index in [-0.39, 0.29) is 0 Å². The first-order valence-electron chi connectivity index (χ1n) is 7.86. The lowest BCUT2D eigenvalue weighted by Gasteiger charge is -2.27. The monoisotopic (exact) mass is 291 g/mol. The van der Waals surface area contributed by atoms with Gasteiger partial charge in [0.05, 0.1) is 11.6 Å². The van der Waals surface area contributed by atoms with E-state index in [9.17, 15) is 5.26 Å². The lowest BCUT2D eigenvalue weighted by atomic mass is 10.0. The molecule has 0 spiro atoms. The summed E-state index contributed by atoms with van der Waals surface area (Å²) in [5.74, 6) is 0. The van der Waals surface area contributed by atoms with Crippen molar-refractivity contribution in [3.8, 4) is 6.07 Å². The van der Waals surface area contributed by atoms with Crippen LogP contribution < -0.4 is 10.2 Å². The van der Waals surface area contributed by atoms with Crippen LogP contribution in [0.4, 0.5) is 11.4 Å². The van der Waals surface area contributed by atoms with Gasteiger partial charge in [0.2, 0.25) is 0 Å². The van der Waals surface area contributed by atoms with Crippen molar-refractivity contribution >= 4 is 11.4 Å². The molecule has 0 unspecified atom stereocenters. The van der Waals surface area contributed by atoms with Crippen molar-refractivity contribution in [1.29, 1.82) is 5.26 Å². The van der Waals surface area contributed by atoms with E-state index < -0.39 is 0 Å². The Morgan fingerprint density at radius 3 is 2.64 bits per heavy atom. The molecule has 0 saturated heterocycles. The Morgan fingerprint density at radius 1 is 1.09 bits per heavy atom. The van der Waals surface area contributed by atoms with Crippen LogP contribution in [0, 0.1) is 11.3 Å². The maximum Gasteiger partial charge on any atom is 0.0992 e. The quantitative estimate of drug-likeness (QED) is 0.877. The summed E-state index contributed by atoms with van der Waals surface area (Å²) in [4.78, 5) is 2.38.